The number of rotatable bonds is 5. The van der Waals surface area contributed by atoms with Crippen molar-refractivity contribution in [2.45, 2.75) is 31.5 Å². The number of amides is 1. The van der Waals surface area contributed by atoms with Crippen LogP contribution in [0.2, 0.25) is 0 Å². The van der Waals surface area contributed by atoms with Crippen molar-refractivity contribution in [3.05, 3.63) is 34.2 Å². The molecule has 2 rings (SSSR count). The smallest absolute Gasteiger partial charge is 0.260 e. The van der Waals surface area contributed by atoms with E-state index >= 15 is 0 Å². The average molecular weight is 266 g/mol. The fourth-order valence-corrected chi connectivity index (χ4v) is 2.23. The predicted molar refractivity (Wildman–Crippen MR) is 69.0 cm³/mol. The van der Waals surface area contributed by atoms with Crippen molar-refractivity contribution in [2.24, 2.45) is 0 Å². The van der Waals surface area contributed by atoms with E-state index in [-0.39, 0.29) is 18.2 Å². The highest BCUT2D eigenvalue weighted by Crippen LogP contribution is 2.33. The van der Waals surface area contributed by atoms with Crippen LogP contribution in [0.4, 0.5) is 0 Å². The summed E-state index contributed by atoms with van der Waals surface area (Å²) in [5.41, 5.74) is -1.31. The van der Waals surface area contributed by atoms with Crippen LogP contribution in [-0.4, -0.2) is 40.9 Å². The van der Waals surface area contributed by atoms with E-state index in [0.717, 1.165) is 0 Å². The Morgan fingerprint density at radius 2 is 2.37 bits per heavy atom. The lowest BCUT2D eigenvalue weighted by Gasteiger charge is -2.43. The zero-order chi connectivity index (χ0) is 13.9. The van der Waals surface area contributed by atoms with Crippen molar-refractivity contribution in [2.75, 3.05) is 13.2 Å². The first-order chi connectivity index (χ1) is 9.04. The van der Waals surface area contributed by atoms with Gasteiger partial charge in [0.25, 0.3) is 11.5 Å². The molecule has 6 nitrogen and oxygen atoms in total. The first kappa shape index (κ1) is 13.8. The van der Waals surface area contributed by atoms with Crippen LogP contribution in [0, 0.1) is 0 Å². The molecule has 1 aromatic heterocycles. The fraction of sp³-hybridized carbons (Fsp3) is 0.538. The van der Waals surface area contributed by atoms with Crippen LogP contribution in [0.15, 0.2) is 23.1 Å². The number of hydrogen-bond donors (Lipinski definition) is 3. The number of carbonyl (C=O) groups excluding carboxylic acids is 1. The van der Waals surface area contributed by atoms with Crippen molar-refractivity contribution in [3.63, 3.8) is 0 Å². The minimum atomic E-state index is -0.920. The van der Waals surface area contributed by atoms with Gasteiger partial charge in [-0.3, -0.25) is 9.59 Å². The highest BCUT2D eigenvalue weighted by molar-refractivity contribution is 5.93. The average Bonchev–Trinajstić information content (AvgIpc) is 2.35. The van der Waals surface area contributed by atoms with Crippen molar-refractivity contribution in [3.8, 4) is 0 Å². The standard InChI is InChI=1S/C13H18N2O4/c1-2-19-9-6-13(18,7-9)8-15-12(17)10-4-3-5-14-11(10)16/h3-5,9,18H,2,6-8H2,1H3,(H,14,16)(H,15,17). The summed E-state index contributed by atoms with van der Waals surface area (Å²) in [6, 6.07) is 3.03. The topological polar surface area (TPSA) is 91.4 Å². The van der Waals surface area contributed by atoms with E-state index in [1.807, 2.05) is 6.92 Å². The Balaban J connectivity index is 1.85. The Labute approximate surface area is 110 Å². The summed E-state index contributed by atoms with van der Waals surface area (Å²) in [5.74, 6) is -0.477. The van der Waals surface area contributed by atoms with Gasteiger partial charge in [-0.1, -0.05) is 0 Å². The minimum absolute atomic E-state index is 0.0479. The zero-order valence-electron chi connectivity index (χ0n) is 10.8. The summed E-state index contributed by atoms with van der Waals surface area (Å²) in [4.78, 5) is 25.6. The summed E-state index contributed by atoms with van der Waals surface area (Å²) >= 11 is 0. The lowest BCUT2D eigenvalue weighted by atomic mass is 9.77. The molecule has 0 atom stereocenters. The van der Waals surface area contributed by atoms with Gasteiger partial charge in [-0.05, 0) is 19.1 Å². The van der Waals surface area contributed by atoms with Gasteiger partial charge in [0.2, 0.25) is 0 Å². The van der Waals surface area contributed by atoms with Crippen molar-refractivity contribution in [1.82, 2.24) is 10.3 Å². The van der Waals surface area contributed by atoms with Gasteiger partial charge in [-0.25, -0.2) is 0 Å². The van der Waals surface area contributed by atoms with Crippen LogP contribution in [0.1, 0.15) is 30.1 Å². The Kier molecular flexibility index (Phi) is 4.01. The first-order valence-electron chi connectivity index (χ1n) is 6.34. The molecule has 1 fully saturated rings. The maximum Gasteiger partial charge on any atom is 0.260 e. The van der Waals surface area contributed by atoms with E-state index in [4.69, 9.17) is 4.74 Å². The fourth-order valence-electron chi connectivity index (χ4n) is 2.23. The van der Waals surface area contributed by atoms with Crippen molar-refractivity contribution < 1.29 is 14.6 Å². The number of H-pyrrole nitrogens is 1. The predicted octanol–water partition coefficient (Wildman–Crippen LogP) is 0.0347. The van der Waals surface area contributed by atoms with E-state index in [9.17, 15) is 14.7 Å². The van der Waals surface area contributed by atoms with E-state index in [0.29, 0.717) is 19.4 Å². The molecule has 1 aromatic rings. The second-order valence-corrected chi connectivity index (χ2v) is 4.81. The minimum Gasteiger partial charge on any atom is -0.388 e. The maximum atomic E-state index is 11.8. The molecule has 104 valence electrons. The number of carbonyl (C=O) groups is 1. The third-order valence-corrected chi connectivity index (χ3v) is 3.26. The zero-order valence-corrected chi connectivity index (χ0v) is 10.8. The lowest BCUT2D eigenvalue weighted by molar-refractivity contribution is -0.133. The van der Waals surface area contributed by atoms with Crippen LogP contribution in [-0.2, 0) is 4.74 Å². The molecular weight excluding hydrogens is 248 g/mol. The summed E-state index contributed by atoms with van der Waals surface area (Å²) in [6.07, 6.45) is 2.54. The van der Waals surface area contributed by atoms with Crippen LogP contribution in [0.25, 0.3) is 0 Å². The molecule has 0 spiro atoms. The highest BCUT2D eigenvalue weighted by atomic mass is 16.5. The lowest BCUT2D eigenvalue weighted by Crippen LogP contribution is -2.55. The summed E-state index contributed by atoms with van der Waals surface area (Å²) in [7, 11) is 0. The molecule has 0 aliphatic heterocycles. The number of pyridine rings is 1. The molecule has 0 radical (unpaired) electrons. The Morgan fingerprint density at radius 1 is 1.63 bits per heavy atom. The second kappa shape index (κ2) is 5.54. The van der Waals surface area contributed by atoms with E-state index in [2.05, 4.69) is 10.3 Å². The summed E-state index contributed by atoms with van der Waals surface area (Å²) in [6.45, 7) is 2.65. The Morgan fingerprint density at radius 3 is 3.00 bits per heavy atom. The monoisotopic (exact) mass is 266 g/mol. The second-order valence-electron chi connectivity index (χ2n) is 4.81. The van der Waals surface area contributed by atoms with Crippen molar-refractivity contribution >= 4 is 5.91 Å². The van der Waals surface area contributed by atoms with Crippen molar-refractivity contribution in [1.29, 1.82) is 0 Å². The summed E-state index contributed by atoms with van der Waals surface area (Å²) in [5, 5.41) is 12.7. The van der Waals surface area contributed by atoms with Crippen LogP contribution >= 0.6 is 0 Å². The third kappa shape index (κ3) is 3.21. The van der Waals surface area contributed by atoms with Gasteiger partial charge in [-0.2, -0.15) is 0 Å². The number of nitrogens with one attached hydrogen (secondary N) is 2. The Hall–Kier alpha value is -1.66. The molecule has 19 heavy (non-hydrogen) atoms. The summed E-state index contributed by atoms with van der Waals surface area (Å²) < 4.78 is 5.36. The Bertz CT molecular complexity index is 505. The van der Waals surface area contributed by atoms with E-state index in [1.54, 1.807) is 6.07 Å². The first-order valence-corrected chi connectivity index (χ1v) is 6.34. The van der Waals surface area contributed by atoms with Gasteiger partial charge < -0.3 is 20.1 Å². The molecule has 0 bridgehead atoms. The molecule has 3 N–H and O–H groups in total. The highest BCUT2D eigenvalue weighted by Gasteiger charge is 2.43. The van der Waals surface area contributed by atoms with Gasteiger partial charge in [0, 0.05) is 32.2 Å². The normalized spacial score (nSPS) is 25.7. The van der Waals surface area contributed by atoms with E-state index in [1.165, 1.54) is 12.3 Å². The molecule has 1 heterocycles. The molecule has 1 aliphatic carbocycles. The number of aromatic amines is 1. The van der Waals surface area contributed by atoms with Gasteiger partial charge in [0.05, 0.1) is 11.7 Å². The van der Waals surface area contributed by atoms with Gasteiger partial charge >= 0.3 is 0 Å². The molecule has 1 amide bonds. The van der Waals surface area contributed by atoms with Crippen LogP contribution in [0.5, 0.6) is 0 Å². The van der Waals surface area contributed by atoms with Crippen LogP contribution < -0.4 is 10.9 Å². The quantitative estimate of drug-likeness (QED) is 0.701. The molecule has 1 aliphatic rings. The number of aromatic nitrogens is 1. The number of aliphatic hydroxyl groups is 1. The maximum absolute atomic E-state index is 11.8. The molecule has 0 saturated heterocycles. The van der Waals surface area contributed by atoms with Gasteiger partial charge in [-0.15, -0.1) is 0 Å². The molecular formula is C13H18N2O4. The molecule has 6 heteroatoms. The van der Waals surface area contributed by atoms with Crippen LogP contribution in [0.3, 0.4) is 0 Å². The SMILES string of the molecule is CCOC1CC(O)(CNC(=O)c2ccc[nH]c2=O)C1. The van der Waals surface area contributed by atoms with Gasteiger partial charge in [0.15, 0.2) is 0 Å². The molecule has 0 aromatic carbocycles. The number of hydrogen-bond acceptors (Lipinski definition) is 4. The molecule has 0 unspecified atom stereocenters. The van der Waals surface area contributed by atoms with Gasteiger partial charge in [0.1, 0.15) is 5.56 Å². The molecule has 1 saturated carbocycles. The van der Waals surface area contributed by atoms with E-state index < -0.39 is 17.1 Å². The largest absolute Gasteiger partial charge is 0.388 e. The third-order valence-electron chi connectivity index (χ3n) is 3.26. The number of ether oxygens (including phenoxy) is 1.